The summed E-state index contributed by atoms with van der Waals surface area (Å²) in [5.41, 5.74) is 1.92. The Balaban J connectivity index is 1.59. The van der Waals surface area contributed by atoms with Crippen LogP contribution in [0.3, 0.4) is 0 Å². The van der Waals surface area contributed by atoms with E-state index in [1.807, 2.05) is 41.1 Å². The second-order valence-electron chi connectivity index (χ2n) is 6.59. The monoisotopic (exact) mass is 331 g/mol. The van der Waals surface area contributed by atoms with Gasteiger partial charge in [0.25, 0.3) is 0 Å². The number of nitrogens with zero attached hydrogens (tertiary/aromatic N) is 2. The van der Waals surface area contributed by atoms with Crippen LogP contribution in [0.15, 0.2) is 24.3 Å². The molecule has 2 amide bonds. The fraction of sp³-hybridized carbons (Fsp3) is 0.556. The largest absolute Gasteiger partial charge is 0.380 e. The number of nitrogens with one attached hydrogen (secondary N) is 1. The second kappa shape index (κ2) is 7.32. The Morgan fingerprint density at radius 3 is 2.92 bits per heavy atom. The predicted octanol–water partition coefficient (Wildman–Crippen LogP) is 1.15. The van der Waals surface area contributed by atoms with E-state index in [1.54, 1.807) is 7.11 Å². The number of likely N-dealkylation sites (N-methyl/N-ethyl adjacent to an activating group) is 1. The van der Waals surface area contributed by atoms with Crippen molar-refractivity contribution in [3.63, 3.8) is 0 Å². The van der Waals surface area contributed by atoms with Crippen LogP contribution in [0.4, 0.5) is 5.69 Å². The van der Waals surface area contributed by atoms with Crippen molar-refractivity contribution >= 4 is 17.5 Å². The van der Waals surface area contributed by atoms with Gasteiger partial charge in [0.1, 0.15) is 0 Å². The van der Waals surface area contributed by atoms with Gasteiger partial charge in [0, 0.05) is 38.9 Å². The molecule has 0 aromatic heterocycles. The lowest BCUT2D eigenvalue weighted by atomic mass is 10.1. The minimum atomic E-state index is -0.140. The number of anilines is 1. The molecule has 2 atom stereocenters. The summed E-state index contributed by atoms with van der Waals surface area (Å²) in [4.78, 5) is 28.1. The number of hydrogen-bond acceptors (Lipinski definition) is 4. The first-order valence-electron chi connectivity index (χ1n) is 8.48. The quantitative estimate of drug-likeness (QED) is 0.879. The third-order valence-electron chi connectivity index (χ3n) is 4.91. The van der Waals surface area contributed by atoms with Gasteiger partial charge >= 0.3 is 0 Å². The first kappa shape index (κ1) is 16.9. The van der Waals surface area contributed by atoms with Gasteiger partial charge in [-0.15, -0.1) is 0 Å². The standard InChI is InChI=1S/C18H25N3O3/c1-20-12-15(24-2)10-16(20)18(23)19-11-13-5-3-6-14(9-13)21-8-4-7-17(21)22/h3,5-6,9,15-16H,4,7-8,10-12H2,1-2H3,(H,19,23)/t15-,16-/m0/s1. The summed E-state index contributed by atoms with van der Waals surface area (Å²) in [5.74, 6) is 0.203. The van der Waals surface area contributed by atoms with Crippen LogP contribution in [0.1, 0.15) is 24.8 Å². The summed E-state index contributed by atoms with van der Waals surface area (Å²) < 4.78 is 5.35. The van der Waals surface area contributed by atoms with E-state index in [-0.39, 0.29) is 24.0 Å². The SMILES string of the molecule is CO[C@H]1C[C@@H](C(=O)NCc2cccc(N3CCCC3=O)c2)N(C)C1. The zero-order chi connectivity index (χ0) is 17.1. The Bertz CT molecular complexity index is 619. The highest BCUT2D eigenvalue weighted by atomic mass is 16.5. The van der Waals surface area contributed by atoms with Crippen molar-refractivity contribution in [2.24, 2.45) is 0 Å². The Labute approximate surface area is 142 Å². The molecule has 0 saturated carbocycles. The van der Waals surface area contributed by atoms with Gasteiger partial charge in [-0.25, -0.2) is 0 Å². The highest BCUT2D eigenvalue weighted by Gasteiger charge is 2.34. The normalized spacial score (nSPS) is 24.6. The number of hydrogen-bond donors (Lipinski definition) is 1. The molecule has 24 heavy (non-hydrogen) atoms. The van der Waals surface area contributed by atoms with E-state index in [9.17, 15) is 9.59 Å². The third kappa shape index (κ3) is 3.60. The van der Waals surface area contributed by atoms with E-state index < -0.39 is 0 Å². The fourth-order valence-electron chi connectivity index (χ4n) is 3.49. The molecule has 0 aliphatic carbocycles. The van der Waals surface area contributed by atoms with Gasteiger partial charge in [-0.05, 0) is 37.6 Å². The molecule has 6 nitrogen and oxygen atoms in total. The predicted molar refractivity (Wildman–Crippen MR) is 91.7 cm³/mol. The average molecular weight is 331 g/mol. The molecule has 6 heteroatoms. The van der Waals surface area contributed by atoms with Gasteiger partial charge in [-0.2, -0.15) is 0 Å². The fourth-order valence-corrected chi connectivity index (χ4v) is 3.49. The molecule has 130 valence electrons. The molecule has 2 heterocycles. The maximum Gasteiger partial charge on any atom is 0.237 e. The van der Waals surface area contributed by atoms with Gasteiger partial charge < -0.3 is 15.0 Å². The van der Waals surface area contributed by atoms with E-state index in [2.05, 4.69) is 5.32 Å². The Kier molecular flexibility index (Phi) is 5.16. The number of rotatable bonds is 5. The molecule has 1 N–H and O–H groups in total. The topological polar surface area (TPSA) is 61.9 Å². The number of carbonyl (C=O) groups excluding carboxylic acids is 2. The van der Waals surface area contributed by atoms with Crippen molar-refractivity contribution in [2.75, 3.05) is 32.1 Å². The Morgan fingerprint density at radius 1 is 1.42 bits per heavy atom. The van der Waals surface area contributed by atoms with Crippen LogP contribution in [0.5, 0.6) is 0 Å². The van der Waals surface area contributed by atoms with E-state index in [0.717, 1.165) is 37.2 Å². The van der Waals surface area contributed by atoms with Crippen molar-refractivity contribution in [1.29, 1.82) is 0 Å². The molecule has 0 spiro atoms. The van der Waals surface area contributed by atoms with Crippen LogP contribution in [-0.4, -0.2) is 56.1 Å². The van der Waals surface area contributed by atoms with Gasteiger partial charge in [0.2, 0.25) is 11.8 Å². The first-order valence-corrected chi connectivity index (χ1v) is 8.48. The van der Waals surface area contributed by atoms with Crippen LogP contribution >= 0.6 is 0 Å². The molecule has 3 rings (SSSR count). The molecule has 1 aromatic carbocycles. The van der Waals surface area contributed by atoms with Crippen molar-refractivity contribution in [2.45, 2.75) is 38.0 Å². The second-order valence-corrected chi connectivity index (χ2v) is 6.59. The minimum Gasteiger partial charge on any atom is -0.380 e. The number of benzene rings is 1. The average Bonchev–Trinajstić information content (AvgIpc) is 3.18. The van der Waals surface area contributed by atoms with E-state index in [0.29, 0.717) is 13.0 Å². The lowest BCUT2D eigenvalue weighted by Crippen LogP contribution is -2.41. The summed E-state index contributed by atoms with van der Waals surface area (Å²) >= 11 is 0. The molecule has 1 aromatic rings. The molecule has 2 aliphatic heterocycles. The van der Waals surface area contributed by atoms with Crippen LogP contribution in [0, 0.1) is 0 Å². The molecule has 0 radical (unpaired) electrons. The number of amides is 2. The minimum absolute atomic E-state index is 0.0275. The number of ether oxygens (including phenoxy) is 1. The van der Waals surface area contributed by atoms with Crippen molar-refractivity contribution in [3.8, 4) is 0 Å². The summed E-state index contributed by atoms with van der Waals surface area (Å²) in [7, 11) is 3.63. The lowest BCUT2D eigenvalue weighted by Gasteiger charge is -2.19. The highest BCUT2D eigenvalue weighted by Crippen LogP contribution is 2.22. The van der Waals surface area contributed by atoms with Crippen LogP contribution in [0.25, 0.3) is 0 Å². The Morgan fingerprint density at radius 2 is 2.25 bits per heavy atom. The number of carbonyl (C=O) groups is 2. The summed E-state index contributed by atoms with van der Waals surface area (Å²) in [6.45, 7) is 2.03. The number of methoxy groups -OCH3 is 1. The van der Waals surface area contributed by atoms with Crippen LogP contribution < -0.4 is 10.2 Å². The smallest absolute Gasteiger partial charge is 0.237 e. The van der Waals surface area contributed by atoms with Gasteiger partial charge in [-0.1, -0.05) is 12.1 Å². The van der Waals surface area contributed by atoms with Crippen molar-refractivity contribution < 1.29 is 14.3 Å². The molecular weight excluding hydrogens is 306 g/mol. The third-order valence-corrected chi connectivity index (χ3v) is 4.91. The lowest BCUT2D eigenvalue weighted by molar-refractivity contribution is -0.125. The maximum absolute atomic E-state index is 12.4. The van der Waals surface area contributed by atoms with Crippen LogP contribution in [0.2, 0.25) is 0 Å². The summed E-state index contributed by atoms with van der Waals surface area (Å²) in [6.07, 6.45) is 2.38. The molecular formula is C18H25N3O3. The molecule has 0 bridgehead atoms. The summed E-state index contributed by atoms with van der Waals surface area (Å²) in [5, 5.41) is 3.01. The zero-order valence-corrected chi connectivity index (χ0v) is 14.3. The molecule has 2 fully saturated rings. The zero-order valence-electron chi connectivity index (χ0n) is 14.3. The van der Waals surface area contributed by atoms with Gasteiger partial charge in [0.05, 0.1) is 12.1 Å². The molecule has 0 unspecified atom stereocenters. The molecule has 2 aliphatic rings. The van der Waals surface area contributed by atoms with Crippen molar-refractivity contribution in [1.82, 2.24) is 10.2 Å². The highest BCUT2D eigenvalue weighted by molar-refractivity contribution is 5.95. The summed E-state index contributed by atoms with van der Waals surface area (Å²) in [6, 6.07) is 7.70. The van der Waals surface area contributed by atoms with Gasteiger partial charge in [-0.3, -0.25) is 14.5 Å². The Hall–Kier alpha value is -1.92. The van der Waals surface area contributed by atoms with E-state index >= 15 is 0 Å². The van der Waals surface area contributed by atoms with E-state index in [1.165, 1.54) is 0 Å². The van der Waals surface area contributed by atoms with Gasteiger partial charge in [0.15, 0.2) is 0 Å². The molecule has 2 saturated heterocycles. The van der Waals surface area contributed by atoms with E-state index in [4.69, 9.17) is 4.74 Å². The van der Waals surface area contributed by atoms with Crippen LogP contribution in [-0.2, 0) is 20.9 Å². The number of likely N-dealkylation sites (tertiary alicyclic amines) is 1. The maximum atomic E-state index is 12.4. The first-order chi connectivity index (χ1) is 11.6. The van der Waals surface area contributed by atoms with Crippen molar-refractivity contribution in [3.05, 3.63) is 29.8 Å².